The lowest BCUT2D eigenvalue weighted by atomic mass is 10.1. The zero-order valence-electron chi connectivity index (χ0n) is 7.67. The van der Waals surface area contributed by atoms with E-state index in [1.807, 2.05) is 6.07 Å². The van der Waals surface area contributed by atoms with E-state index in [0.29, 0.717) is 0 Å². The summed E-state index contributed by atoms with van der Waals surface area (Å²) in [7, 11) is 0. The highest BCUT2D eigenvalue weighted by atomic mass is 79.9. The van der Waals surface area contributed by atoms with Crippen LogP contribution in [0.1, 0.15) is 17.4 Å². The molecule has 0 aliphatic heterocycles. The summed E-state index contributed by atoms with van der Waals surface area (Å²) in [5.74, 6) is 0. The quantitative estimate of drug-likeness (QED) is 0.762. The Labute approximate surface area is 95.1 Å². The van der Waals surface area contributed by atoms with E-state index in [4.69, 9.17) is 5.26 Å². The van der Waals surface area contributed by atoms with Crippen molar-refractivity contribution >= 4 is 37.4 Å². The van der Waals surface area contributed by atoms with E-state index < -0.39 is 0 Å². The van der Waals surface area contributed by atoms with Crippen molar-refractivity contribution in [1.82, 2.24) is 0 Å². The van der Waals surface area contributed by atoms with Crippen molar-refractivity contribution in [3.8, 4) is 6.07 Å². The molecule has 0 amide bonds. The Kier molecular flexibility index (Phi) is 2.58. The summed E-state index contributed by atoms with van der Waals surface area (Å²) in [4.78, 5) is 0.848. The Balaban J connectivity index is 2.83. The molecule has 1 aromatic carbocycles. The molecule has 70 valence electrons. The first kappa shape index (κ1) is 9.70. The molecule has 0 saturated carbocycles. The molecule has 0 saturated heterocycles. The molecule has 0 N–H and O–H groups in total. The van der Waals surface area contributed by atoms with E-state index in [-0.39, 0.29) is 0 Å². The standard InChI is InChI=1S/C11H8BrNS/c1-2-8-9-5-7(12)3-4-10(9)14-11(8)6-13/h3-5H,2H2,1H3. The molecule has 1 heterocycles. The van der Waals surface area contributed by atoms with Gasteiger partial charge in [0.25, 0.3) is 0 Å². The van der Waals surface area contributed by atoms with Gasteiger partial charge in [0.2, 0.25) is 0 Å². The first-order valence-corrected chi connectivity index (χ1v) is 5.98. The number of aryl methyl sites for hydroxylation is 1. The molecule has 2 rings (SSSR count). The number of hydrogen-bond acceptors (Lipinski definition) is 2. The number of hydrogen-bond donors (Lipinski definition) is 0. The number of thiophene rings is 1. The molecular weight excluding hydrogens is 258 g/mol. The van der Waals surface area contributed by atoms with Gasteiger partial charge in [-0.05, 0) is 35.6 Å². The fraction of sp³-hybridized carbons (Fsp3) is 0.182. The van der Waals surface area contributed by atoms with Gasteiger partial charge in [-0.15, -0.1) is 11.3 Å². The van der Waals surface area contributed by atoms with Gasteiger partial charge < -0.3 is 0 Å². The van der Waals surface area contributed by atoms with Crippen LogP contribution in [0.5, 0.6) is 0 Å². The van der Waals surface area contributed by atoms with Crippen LogP contribution in [0.2, 0.25) is 0 Å². The molecule has 0 unspecified atom stereocenters. The van der Waals surface area contributed by atoms with E-state index in [1.165, 1.54) is 15.6 Å². The lowest BCUT2D eigenvalue weighted by molar-refractivity contribution is 1.16. The van der Waals surface area contributed by atoms with E-state index in [2.05, 4.69) is 41.1 Å². The molecule has 0 aliphatic rings. The van der Waals surface area contributed by atoms with Crippen molar-refractivity contribution in [2.45, 2.75) is 13.3 Å². The Hall–Kier alpha value is -0.850. The lowest BCUT2D eigenvalue weighted by Gasteiger charge is -1.95. The SMILES string of the molecule is CCc1c(C#N)sc2ccc(Br)cc12. The Morgan fingerprint density at radius 1 is 1.50 bits per heavy atom. The highest BCUT2D eigenvalue weighted by molar-refractivity contribution is 9.10. The zero-order chi connectivity index (χ0) is 10.1. The molecule has 0 radical (unpaired) electrons. The molecular formula is C11H8BrNS. The van der Waals surface area contributed by atoms with Crippen LogP contribution in [-0.2, 0) is 6.42 Å². The van der Waals surface area contributed by atoms with E-state index in [1.54, 1.807) is 11.3 Å². The van der Waals surface area contributed by atoms with Crippen LogP contribution in [0.3, 0.4) is 0 Å². The van der Waals surface area contributed by atoms with Gasteiger partial charge in [0.15, 0.2) is 0 Å². The minimum Gasteiger partial charge on any atom is -0.192 e. The normalized spacial score (nSPS) is 10.4. The first-order chi connectivity index (χ1) is 6.76. The molecule has 3 heteroatoms. The highest BCUT2D eigenvalue weighted by Gasteiger charge is 2.09. The van der Waals surface area contributed by atoms with Crippen LogP contribution in [0, 0.1) is 11.3 Å². The van der Waals surface area contributed by atoms with Crippen LogP contribution in [0.4, 0.5) is 0 Å². The minimum atomic E-state index is 0.848. The summed E-state index contributed by atoms with van der Waals surface area (Å²) in [6.07, 6.45) is 0.916. The smallest absolute Gasteiger partial charge is 0.110 e. The summed E-state index contributed by atoms with van der Waals surface area (Å²) in [5.41, 5.74) is 1.17. The number of nitrogens with zero attached hydrogens (tertiary/aromatic N) is 1. The third-order valence-electron chi connectivity index (χ3n) is 2.21. The second-order valence-corrected chi connectivity index (χ2v) is 4.98. The lowest BCUT2D eigenvalue weighted by Crippen LogP contribution is -1.80. The first-order valence-electron chi connectivity index (χ1n) is 4.37. The number of benzene rings is 1. The highest BCUT2D eigenvalue weighted by Crippen LogP contribution is 2.32. The van der Waals surface area contributed by atoms with Crippen LogP contribution in [-0.4, -0.2) is 0 Å². The minimum absolute atomic E-state index is 0.848. The predicted molar refractivity (Wildman–Crippen MR) is 63.6 cm³/mol. The second kappa shape index (κ2) is 3.72. The molecule has 0 bridgehead atoms. The van der Waals surface area contributed by atoms with Crippen LogP contribution < -0.4 is 0 Å². The Bertz CT molecular complexity index is 522. The van der Waals surface area contributed by atoms with Crippen molar-refractivity contribution in [2.75, 3.05) is 0 Å². The number of rotatable bonds is 1. The molecule has 1 aromatic heterocycles. The fourth-order valence-electron chi connectivity index (χ4n) is 1.56. The van der Waals surface area contributed by atoms with Crippen LogP contribution in [0.25, 0.3) is 10.1 Å². The number of nitriles is 1. The van der Waals surface area contributed by atoms with E-state index >= 15 is 0 Å². The van der Waals surface area contributed by atoms with Crippen molar-refractivity contribution < 1.29 is 0 Å². The maximum Gasteiger partial charge on any atom is 0.110 e. The van der Waals surface area contributed by atoms with Gasteiger partial charge in [0.05, 0.1) is 0 Å². The molecule has 1 nitrogen and oxygen atoms in total. The second-order valence-electron chi connectivity index (χ2n) is 3.02. The van der Waals surface area contributed by atoms with Gasteiger partial charge in [0, 0.05) is 9.17 Å². The molecule has 2 aromatic rings. The molecule has 0 fully saturated rings. The summed E-state index contributed by atoms with van der Waals surface area (Å²) in [5, 5.41) is 10.2. The maximum absolute atomic E-state index is 8.97. The number of halogens is 1. The molecule has 14 heavy (non-hydrogen) atoms. The topological polar surface area (TPSA) is 23.8 Å². The van der Waals surface area contributed by atoms with Crippen LogP contribution >= 0.6 is 27.3 Å². The van der Waals surface area contributed by atoms with Gasteiger partial charge in [-0.25, -0.2) is 0 Å². The summed E-state index contributed by atoms with van der Waals surface area (Å²) >= 11 is 5.02. The Morgan fingerprint density at radius 3 is 2.93 bits per heavy atom. The average Bonchev–Trinajstić information content (AvgIpc) is 2.54. The summed E-state index contributed by atoms with van der Waals surface area (Å²) in [6, 6.07) is 8.42. The van der Waals surface area contributed by atoms with Gasteiger partial charge in [-0.3, -0.25) is 0 Å². The predicted octanol–water partition coefficient (Wildman–Crippen LogP) is 4.10. The molecule has 0 atom stereocenters. The maximum atomic E-state index is 8.97. The summed E-state index contributed by atoms with van der Waals surface area (Å²) < 4.78 is 2.27. The van der Waals surface area contributed by atoms with E-state index in [0.717, 1.165) is 15.8 Å². The van der Waals surface area contributed by atoms with Crippen molar-refractivity contribution in [1.29, 1.82) is 5.26 Å². The van der Waals surface area contributed by atoms with Crippen molar-refractivity contribution in [2.24, 2.45) is 0 Å². The molecule has 0 aliphatic carbocycles. The van der Waals surface area contributed by atoms with Crippen LogP contribution in [0.15, 0.2) is 22.7 Å². The van der Waals surface area contributed by atoms with Gasteiger partial charge in [0.1, 0.15) is 10.9 Å². The van der Waals surface area contributed by atoms with Crippen molar-refractivity contribution in [3.05, 3.63) is 33.1 Å². The van der Waals surface area contributed by atoms with Crippen molar-refractivity contribution in [3.63, 3.8) is 0 Å². The van der Waals surface area contributed by atoms with E-state index in [9.17, 15) is 0 Å². The summed E-state index contributed by atoms with van der Waals surface area (Å²) in [6.45, 7) is 2.09. The largest absolute Gasteiger partial charge is 0.192 e. The number of fused-ring (bicyclic) bond motifs is 1. The van der Waals surface area contributed by atoms with Gasteiger partial charge >= 0.3 is 0 Å². The van der Waals surface area contributed by atoms with Gasteiger partial charge in [-0.1, -0.05) is 22.9 Å². The Morgan fingerprint density at radius 2 is 2.29 bits per heavy atom. The average molecular weight is 266 g/mol. The monoisotopic (exact) mass is 265 g/mol. The third-order valence-corrected chi connectivity index (χ3v) is 3.82. The van der Waals surface area contributed by atoms with Gasteiger partial charge in [-0.2, -0.15) is 5.26 Å². The third kappa shape index (κ3) is 1.45. The fourth-order valence-corrected chi connectivity index (χ4v) is 2.99. The zero-order valence-corrected chi connectivity index (χ0v) is 10.1. The molecule has 0 spiro atoms.